The second-order valence-electron chi connectivity index (χ2n) is 4.66. The van der Waals surface area contributed by atoms with Crippen molar-refractivity contribution in [1.29, 1.82) is 0 Å². The number of pyridine rings is 1. The highest BCUT2D eigenvalue weighted by molar-refractivity contribution is 7.98. The van der Waals surface area contributed by atoms with E-state index in [0.717, 1.165) is 35.6 Å². The Kier molecular flexibility index (Phi) is 5.54. The molecule has 0 aliphatic carbocycles. The van der Waals surface area contributed by atoms with Crippen LogP contribution in [0.1, 0.15) is 25.2 Å². The van der Waals surface area contributed by atoms with Gasteiger partial charge < -0.3 is 9.30 Å². The Morgan fingerprint density at radius 1 is 1.40 bits per heavy atom. The third-order valence-electron chi connectivity index (χ3n) is 3.29. The third kappa shape index (κ3) is 3.20. The molecule has 1 atom stereocenters. The fourth-order valence-electron chi connectivity index (χ4n) is 2.26. The summed E-state index contributed by atoms with van der Waals surface area (Å²) >= 11 is 7.76. The molecule has 0 amide bonds. The van der Waals surface area contributed by atoms with Crippen LogP contribution in [0.4, 0.5) is 0 Å². The summed E-state index contributed by atoms with van der Waals surface area (Å²) in [5.41, 5.74) is 1.79. The largest absolute Gasteiger partial charge is 0.481 e. The van der Waals surface area contributed by atoms with Crippen molar-refractivity contribution >= 4 is 34.5 Å². The zero-order chi connectivity index (χ0) is 14.5. The number of nitrogens with zero attached hydrogens (tertiary/aromatic N) is 3. The number of hydrogen-bond acceptors (Lipinski definition) is 4. The second kappa shape index (κ2) is 7.18. The number of methoxy groups -OCH3 is 1. The van der Waals surface area contributed by atoms with Gasteiger partial charge in [-0.05, 0) is 31.4 Å². The van der Waals surface area contributed by atoms with E-state index in [1.807, 2.05) is 23.9 Å². The van der Waals surface area contributed by atoms with E-state index >= 15 is 0 Å². The average molecular weight is 314 g/mol. The molecular formula is C14H20ClN3OS. The van der Waals surface area contributed by atoms with Crippen LogP contribution in [0.25, 0.3) is 11.2 Å². The molecule has 0 aromatic carbocycles. The van der Waals surface area contributed by atoms with Crippen LogP contribution in [0.2, 0.25) is 0 Å². The summed E-state index contributed by atoms with van der Waals surface area (Å²) < 4.78 is 7.43. The van der Waals surface area contributed by atoms with Gasteiger partial charge in [-0.3, -0.25) is 0 Å². The third-order valence-corrected chi connectivity index (χ3v) is 4.13. The normalized spacial score (nSPS) is 12.8. The van der Waals surface area contributed by atoms with Gasteiger partial charge in [-0.2, -0.15) is 16.7 Å². The van der Waals surface area contributed by atoms with Crippen molar-refractivity contribution in [2.75, 3.05) is 25.0 Å². The van der Waals surface area contributed by atoms with Crippen molar-refractivity contribution in [2.24, 2.45) is 0 Å². The van der Waals surface area contributed by atoms with E-state index in [1.165, 1.54) is 0 Å². The first-order valence-electron chi connectivity index (χ1n) is 6.68. The molecule has 0 radical (unpaired) electrons. The van der Waals surface area contributed by atoms with Crippen molar-refractivity contribution in [3.63, 3.8) is 0 Å². The summed E-state index contributed by atoms with van der Waals surface area (Å²) in [4.78, 5) is 9.21. The van der Waals surface area contributed by atoms with Crippen LogP contribution < -0.4 is 4.74 Å². The number of aryl methyl sites for hydroxylation is 1. The van der Waals surface area contributed by atoms with Gasteiger partial charge in [0.05, 0.1) is 7.11 Å². The quantitative estimate of drug-likeness (QED) is 0.733. The van der Waals surface area contributed by atoms with Crippen LogP contribution in [0.3, 0.4) is 0 Å². The van der Waals surface area contributed by atoms with Gasteiger partial charge in [0.2, 0.25) is 5.88 Å². The maximum atomic E-state index is 5.90. The minimum atomic E-state index is 0.352. The molecular weight excluding hydrogens is 294 g/mol. The Balaban J connectivity index is 2.47. The van der Waals surface area contributed by atoms with E-state index in [-0.39, 0.29) is 0 Å². The molecule has 0 spiro atoms. The van der Waals surface area contributed by atoms with E-state index in [0.29, 0.717) is 17.8 Å². The van der Waals surface area contributed by atoms with Crippen molar-refractivity contribution < 1.29 is 4.74 Å². The number of aromatic nitrogens is 3. The number of hydrogen-bond donors (Lipinski definition) is 0. The molecule has 2 heterocycles. The zero-order valence-electron chi connectivity index (χ0n) is 12.1. The standard InChI is InChI=1S/C14H20ClN3OS/c1-10(7-9-20-3)18-12(6-8-15)16-11-4-5-13(19-2)17-14(11)18/h4-5,10H,6-9H2,1-3H3. The molecule has 2 aromatic heterocycles. The molecule has 2 rings (SSSR count). The molecule has 0 aliphatic rings. The van der Waals surface area contributed by atoms with Gasteiger partial charge in [0, 0.05) is 24.4 Å². The molecule has 2 aromatic rings. The number of rotatable bonds is 7. The van der Waals surface area contributed by atoms with Crippen molar-refractivity contribution in [3.8, 4) is 5.88 Å². The lowest BCUT2D eigenvalue weighted by Crippen LogP contribution is -2.11. The lowest BCUT2D eigenvalue weighted by molar-refractivity contribution is 0.398. The number of imidazole rings is 1. The summed E-state index contributed by atoms with van der Waals surface area (Å²) in [5, 5.41) is 0. The summed E-state index contributed by atoms with van der Waals surface area (Å²) in [6.07, 6.45) is 3.96. The molecule has 0 saturated carbocycles. The van der Waals surface area contributed by atoms with Crippen molar-refractivity contribution in [1.82, 2.24) is 14.5 Å². The SMILES string of the molecule is COc1ccc2nc(CCCl)n(C(C)CCSC)c2n1. The van der Waals surface area contributed by atoms with Crippen LogP contribution in [0.15, 0.2) is 12.1 Å². The monoisotopic (exact) mass is 313 g/mol. The minimum Gasteiger partial charge on any atom is -0.481 e. The average Bonchev–Trinajstić information content (AvgIpc) is 2.82. The molecule has 110 valence electrons. The zero-order valence-corrected chi connectivity index (χ0v) is 13.7. The topological polar surface area (TPSA) is 39.9 Å². The van der Waals surface area contributed by atoms with Gasteiger partial charge in [-0.1, -0.05) is 0 Å². The molecule has 4 nitrogen and oxygen atoms in total. The number of fused-ring (bicyclic) bond motifs is 1. The van der Waals surface area contributed by atoms with E-state index < -0.39 is 0 Å². The molecule has 0 N–H and O–H groups in total. The number of halogens is 1. The maximum absolute atomic E-state index is 5.90. The maximum Gasteiger partial charge on any atom is 0.215 e. The smallest absolute Gasteiger partial charge is 0.215 e. The Hall–Kier alpha value is -0.940. The summed E-state index contributed by atoms with van der Waals surface area (Å²) in [6, 6.07) is 4.15. The summed E-state index contributed by atoms with van der Waals surface area (Å²) in [7, 11) is 1.63. The molecule has 20 heavy (non-hydrogen) atoms. The minimum absolute atomic E-state index is 0.352. The van der Waals surface area contributed by atoms with Gasteiger partial charge in [0.1, 0.15) is 11.3 Å². The Labute approximate surface area is 128 Å². The molecule has 6 heteroatoms. The van der Waals surface area contributed by atoms with Gasteiger partial charge in [0.25, 0.3) is 0 Å². The van der Waals surface area contributed by atoms with E-state index in [4.69, 9.17) is 16.3 Å². The Bertz CT molecular complexity index is 573. The van der Waals surface area contributed by atoms with Crippen LogP contribution in [0.5, 0.6) is 5.88 Å². The van der Waals surface area contributed by atoms with Gasteiger partial charge >= 0.3 is 0 Å². The van der Waals surface area contributed by atoms with E-state index in [9.17, 15) is 0 Å². The van der Waals surface area contributed by atoms with Crippen molar-refractivity contribution in [3.05, 3.63) is 18.0 Å². The Morgan fingerprint density at radius 3 is 2.85 bits per heavy atom. The van der Waals surface area contributed by atoms with Crippen LogP contribution >= 0.6 is 23.4 Å². The Morgan fingerprint density at radius 2 is 2.20 bits per heavy atom. The van der Waals surface area contributed by atoms with Crippen molar-refractivity contribution in [2.45, 2.75) is 25.8 Å². The number of alkyl halides is 1. The summed E-state index contributed by atoms with van der Waals surface area (Å²) in [6.45, 7) is 2.20. The van der Waals surface area contributed by atoms with Gasteiger partial charge in [-0.15, -0.1) is 11.6 Å². The predicted molar refractivity (Wildman–Crippen MR) is 86.2 cm³/mol. The fraction of sp³-hybridized carbons (Fsp3) is 0.571. The molecule has 0 fully saturated rings. The van der Waals surface area contributed by atoms with E-state index in [2.05, 4.69) is 27.7 Å². The number of thioether (sulfide) groups is 1. The number of ether oxygens (including phenoxy) is 1. The predicted octanol–water partition coefficient (Wildman–Crippen LogP) is 3.54. The molecule has 0 bridgehead atoms. The highest BCUT2D eigenvalue weighted by Gasteiger charge is 2.17. The first-order valence-corrected chi connectivity index (χ1v) is 8.60. The first kappa shape index (κ1) is 15.4. The lowest BCUT2D eigenvalue weighted by Gasteiger charge is -2.16. The lowest BCUT2D eigenvalue weighted by atomic mass is 10.2. The molecule has 0 saturated heterocycles. The molecule has 1 unspecified atom stereocenters. The van der Waals surface area contributed by atoms with Crippen LogP contribution in [0, 0.1) is 0 Å². The van der Waals surface area contributed by atoms with Crippen LogP contribution in [-0.2, 0) is 6.42 Å². The van der Waals surface area contributed by atoms with Crippen LogP contribution in [-0.4, -0.2) is 39.5 Å². The van der Waals surface area contributed by atoms with Gasteiger partial charge in [0.15, 0.2) is 5.65 Å². The van der Waals surface area contributed by atoms with E-state index in [1.54, 1.807) is 7.11 Å². The second-order valence-corrected chi connectivity index (χ2v) is 6.03. The molecule has 0 aliphatic heterocycles. The highest BCUT2D eigenvalue weighted by Crippen LogP contribution is 2.25. The summed E-state index contributed by atoms with van der Waals surface area (Å²) in [5.74, 6) is 3.30. The first-order chi connectivity index (χ1) is 9.71. The fourth-order valence-corrected chi connectivity index (χ4v) is 3.00. The van der Waals surface area contributed by atoms with Gasteiger partial charge in [-0.25, -0.2) is 4.98 Å². The highest BCUT2D eigenvalue weighted by atomic mass is 35.5.